The fourth-order valence-electron chi connectivity index (χ4n) is 9.32. The van der Waals surface area contributed by atoms with E-state index in [9.17, 15) is 10.5 Å². The summed E-state index contributed by atoms with van der Waals surface area (Å²) >= 11 is 0. The van der Waals surface area contributed by atoms with E-state index in [2.05, 4.69) is 156 Å². The Morgan fingerprint density at radius 2 is 1.01 bits per heavy atom. The fraction of sp³-hybridized carbons (Fsp3) is 0.106. The van der Waals surface area contributed by atoms with Gasteiger partial charge >= 0.3 is 20.1 Å². The van der Waals surface area contributed by atoms with Crippen LogP contribution in [0.25, 0.3) is 78.3 Å². The fourth-order valence-corrected chi connectivity index (χ4v) is 9.32. The molecule has 0 saturated heterocycles. The Bertz CT molecular complexity index is 3640. The standard InChI is InChI=1S/C66H48N5.Ir/c1-44-30-33-71-66(34-44)54-28-29-60(63(41-54)62-36-45(2)61(35-46(62)3)53-26-27-55(42-67)57(40-53)43-68)59-11-5-4-10-58(59)56-38-49(16-14-47-18-22-51(23-19-47)64-12-6-8-31-69-64)37-50(39-56)17-15-48-20-24-52(25-21-48)65-13-7-9-32-70-65;/h4-13,18-22,24,26-27,29-41H,14-17H2,1-3H3;/q-3;+3/i1D3;. The second-order valence-electron chi connectivity index (χ2n) is 17.8. The van der Waals surface area contributed by atoms with E-state index >= 15 is 0 Å². The zero-order chi connectivity index (χ0) is 51.2. The normalized spacial score (nSPS) is 11.6. The molecule has 0 aliphatic rings. The molecule has 0 atom stereocenters. The number of pyridine rings is 3. The van der Waals surface area contributed by atoms with Crippen LogP contribution in [-0.2, 0) is 45.8 Å². The zero-order valence-electron chi connectivity index (χ0n) is 42.8. The van der Waals surface area contributed by atoms with E-state index in [1.807, 2.05) is 48.5 Å². The van der Waals surface area contributed by atoms with Crippen molar-refractivity contribution in [1.82, 2.24) is 15.0 Å². The van der Waals surface area contributed by atoms with Gasteiger partial charge in [-0.25, -0.2) is 0 Å². The molecule has 0 fully saturated rings. The Hall–Kier alpha value is -8.38. The van der Waals surface area contributed by atoms with E-state index in [4.69, 9.17) is 4.11 Å². The summed E-state index contributed by atoms with van der Waals surface area (Å²) in [6.07, 6.45) is 8.46. The van der Waals surface area contributed by atoms with E-state index < -0.39 is 6.85 Å². The molecule has 0 unspecified atom stereocenters. The second kappa shape index (κ2) is 22.1. The maximum absolute atomic E-state index is 9.88. The molecule has 10 aromatic rings. The van der Waals surface area contributed by atoms with Crippen molar-refractivity contribution in [3.63, 3.8) is 0 Å². The van der Waals surface area contributed by atoms with Crippen LogP contribution in [0.2, 0.25) is 0 Å². The molecule has 72 heavy (non-hydrogen) atoms. The molecule has 0 bridgehead atoms. The van der Waals surface area contributed by atoms with E-state index in [1.165, 1.54) is 28.3 Å². The van der Waals surface area contributed by atoms with Crippen LogP contribution in [0.3, 0.4) is 0 Å². The van der Waals surface area contributed by atoms with Gasteiger partial charge in [0, 0.05) is 22.7 Å². The molecule has 346 valence electrons. The van der Waals surface area contributed by atoms with E-state index in [0.29, 0.717) is 22.4 Å². The van der Waals surface area contributed by atoms with Gasteiger partial charge < -0.3 is 15.0 Å². The molecule has 0 N–H and O–H groups in total. The summed E-state index contributed by atoms with van der Waals surface area (Å²) in [4.78, 5) is 13.7. The minimum Gasteiger partial charge on any atom is -0.305 e. The van der Waals surface area contributed by atoms with Crippen LogP contribution in [0.5, 0.6) is 0 Å². The van der Waals surface area contributed by atoms with Gasteiger partial charge in [-0.05, 0) is 131 Å². The van der Waals surface area contributed by atoms with Crippen molar-refractivity contribution in [2.75, 3.05) is 0 Å². The summed E-state index contributed by atoms with van der Waals surface area (Å²) in [5.74, 6) is 0. The molecule has 0 radical (unpaired) electrons. The average molecular weight is 1110 g/mol. The number of nitriles is 2. The molecular formula is C66H48IrN5. The number of hydrogen-bond donors (Lipinski definition) is 0. The molecule has 0 aliphatic heterocycles. The first-order valence-electron chi connectivity index (χ1n) is 25.2. The molecule has 7 aromatic carbocycles. The van der Waals surface area contributed by atoms with Crippen LogP contribution in [-0.4, -0.2) is 15.0 Å². The summed E-state index contributed by atoms with van der Waals surface area (Å²) in [5, 5.41) is 19.5. The van der Waals surface area contributed by atoms with Gasteiger partial charge in [0.05, 0.1) is 11.1 Å². The zero-order valence-corrected chi connectivity index (χ0v) is 42.2. The average Bonchev–Trinajstić information content (AvgIpc) is 3.45. The predicted molar refractivity (Wildman–Crippen MR) is 286 cm³/mol. The number of nitrogens with zero attached hydrogens (tertiary/aromatic N) is 5. The summed E-state index contributed by atoms with van der Waals surface area (Å²) in [6, 6.07) is 71.7. The topological polar surface area (TPSA) is 86.2 Å². The number of benzene rings is 7. The molecule has 10 rings (SSSR count). The Morgan fingerprint density at radius 1 is 0.431 bits per heavy atom. The third-order valence-corrected chi connectivity index (χ3v) is 13.0. The Labute approximate surface area is 440 Å². The first-order chi connectivity index (χ1) is 36.0. The van der Waals surface area contributed by atoms with Gasteiger partial charge in [0.1, 0.15) is 12.1 Å². The summed E-state index contributed by atoms with van der Waals surface area (Å²) in [6.45, 7) is 1.83. The van der Waals surface area contributed by atoms with Gasteiger partial charge in [-0.2, -0.15) is 10.5 Å². The van der Waals surface area contributed by atoms with Gasteiger partial charge in [0.2, 0.25) is 0 Å². The van der Waals surface area contributed by atoms with Crippen molar-refractivity contribution in [1.29, 1.82) is 10.5 Å². The van der Waals surface area contributed by atoms with Gasteiger partial charge in [0.15, 0.2) is 0 Å². The monoisotopic (exact) mass is 1110 g/mol. The van der Waals surface area contributed by atoms with Crippen molar-refractivity contribution in [2.45, 2.75) is 46.4 Å². The molecule has 0 saturated carbocycles. The van der Waals surface area contributed by atoms with Gasteiger partial charge in [0.25, 0.3) is 0 Å². The van der Waals surface area contributed by atoms with Gasteiger partial charge in [-0.1, -0.05) is 126 Å². The molecule has 5 nitrogen and oxygen atoms in total. The van der Waals surface area contributed by atoms with Crippen molar-refractivity contribution >= 4 is 0 Å². The van der Waals surface area contributed by atoms with Crippen molar-refractivity contribution in [2.24, 2.45) is 0 Å². The number of rotatable bonds is 13. The number of aryl methyl sites for hydroxylation is 7. The molecule has 0 aliphatic carbocycles. The first-order valence-corrected chi connectivity index (χ1v) is 23.7. The van der Waals surface area contributed by atoms with Crippen molar-refractivity contribution in [3.8, 4) is 90.4 Å². The largest absolute Gasteiger partial charge is 3.00 e. The number of hydrogen-bond acceptors (Lipinski definition) is 5. The molecule has 3 aromatic heterocycles. The molecule has 0 amide bonds. The van der Waals surface area contributed by atoms with Gasteiger partial charge in [-0.15, -0.1) is 94.5 Å². The molecule has 6 heteroatoms. The predicted octanol–water partition coefficient (Wildman–Crippen LogP) is 15.2. The maximum Gasteiger partial charge on any atom is 3.00 e. The third-order valence-electron chi connectivity index (χ3n) is 13.0. The van der Waals surface area contributed by atoms with Crippen molar-refractivity contribution < 1.29 is 24.2 Å². The smallest absolute Gasteiger partial charge is 0.305 e. The first kappa shape index (κ1) is 44.8. The van der Waals surface area contributed by atoms with Crippen LogP contribution in [0, 0.1) is 61.6 Å². The van der Waals surface area contributed by atoms with Crippen LogP contribution in [0.4, 0.5) is 0 Å². The van der Waals surface area contributed by atoms with E-state index in [1.54, 1.807) is 36.8 Å². The van der Waals surface area contributed by atoms with E-state index in [0.717, 1.165) is 104 Å². The summed E-state index contributed by atoms with van der Waals surface area (Å²) in [7, 11) is 0. The minimum atomic E-state index is -2.31. The van der Waals surface area contributed by atoms with Crippen LogP contribution < -0.4 is 0 Å². The molecule has 0 spiro atoms. The Balaban J connectivity index is 0.00000689. The quantitative estimate of drug-likeness (QED) is 0.107. The summed E-state index contributed by atoms with van der Waals surface area (Å²) in [5.41, 5.74) is 20.5. The van der Waals surface area contributed by atoms with Crippen LogP contribution in [0.1, 0.15) is 54.2 Å². The van der Waals surface area contributed by atoms with Gasteiger partial charge in [-0.3, -0.25) is 0 Å². The molecular weight excluding hydrogens is 1050 g/mol. The van der Waals surface area contributed by atoms with Crippen LogP contribution >= 0.6 is 0 Å². The third kappa shape index (κ3) is 10.8. The van der Waals surface area contributed by atoms with E-state index in [-0.39, 0.29) is 25.7 Å². The Morgan fingerprint density at radius 3 is 1.61 bits per heavy atom. The molecule has 3 heterocycles. The SMILES string of the molecule is [2H]C([2H])([2H])c1ccnc(-c2[c-]cc(-c3ccccc3-c3cc(CCc4c[c-]c(-c5ccccn5)cc4)cc(CCc4c[c-]c(-c5ccccn5)cc4)c3)c(-c3cc(C)c(-c4ccc(C#N)c(C#N)c4)cc3C)c2)c1.[Ir+3]. The van der Waals surface area contributed by atoms with Crippen molar-refractivity contribution in [3.05, 3.63) is 257 Å². The Kier molecular flexibility index (Phi) is 13.8. The maximum atomic E-state index is 9.88. The minimum absolute atomic E-state index is 0. The summed E-state index contributed by atoms with van der Waals surface area (Å²) < 4.78 is 24.5. The number of aromatic nitrogens is 3. The second-order valence-corrected chi connectivity index (χ2v) is 17.8. The van der Waals surface area contributed by atoms with Crippen LogP contribution in [0.15, 0.2) is 188 Å².